The summed E-state index contributed by atoms with van der Waals surface area (Å²) in [6.07, 6.45) is 0. The molecule has 0 radical (unpaired) electrons. The Morgan fingerprint density at radius 2 is 1.65 bits per heavy atom. The van der Waals surface area contributed by atoms with Crippen LogP contribution in [0.4, 0.5) is 14.5 Å². The van der Waals surface area contributed by atoms with Gasteiger partial charge >= 0.3 is 0 Å². The van der Waals surface area contributed by atoms with Gasteiger partial charge in [-0.2, -0.15) is 0 Å². The predicted molar refractivity (Wildman–Crippen MR) is 72.8 cm³/mol. The van der Waals surface area contributed by atoms with Gasteiger partial charge in [0.25, 0.3) is 0 Å². The van der Waals surface area contributed by atoms with Crippen LogP contribution in [0.1, 0.15) is 5.56 Å². The van der Waals surface area contributed by atoms with E-state index in [0.717, 1.165) is 15.3 Å². The molecule has 0 amide bonds. The summed E-state index contributed by atoms with van der Waals surface area (Å²) in [4.78, 5) is 0. The van der Waals surface area contributed by atoms with Gasteiger partial charge in [0.05, 0.1) is 0 Å². The molecular weight excluding hydrogens is 335 g/mol. The number of halogens is 3. The number of hydrogen-bond donors (Lipinski definition) is 1. The van der Waals surface area contributed by atoms with Crippen LogP contribution in [0, 0.1) is 15.2 Å². The highest BCUT2D eigenvalue weighted by Crippen LogP contribution is 2.18. The van der Waals surface area contributed by atoms with Crippen molar-refractivity contribution in [3.05, 3.63) is 63.2 Å². The maximum absolute atomic E-state index is 13.0. The third kappa shape index (κ3) is 3.39. The molecule has 0 saturated heterocycles. The zero-order valence-corrected chi connectivity index (χ0v) is 11.0. The zero-order chi connectivity index (χ0) is 12.3. The third-order valence-electron chi connectivity index (χ3n) is 2.28. The molecule has 0 saturated carbocycles. The van der Waals surface area contributed by atoms with Crippen LogP contribution in [0.15, 0.2) is 42.5 Å². The fourth-order valence-electron chi connectivity index (χ4n) is 1.51. The van der Waals surface area contributed by atoms with Crippen LogP contribution in [-0.2, 0) is 6.54 Å². The molecule has 0 atom stereocenters. The van der Waals surface area contributed by atoms with Gasteiger partial charge in [-0.05, 0) is 52.4 Å². The molecule has 0 aliphatic heterocycles. The molecule has 4 heteroatoms. The smallest absolute Gasteiger partial charge is 0.126 e. The van der Waals surface area contributed by atoms with Gasteiger partial charge in [-0.15, -0.1) is 0 Å². The summed E-state index contributed by atoms with van der Waals surface area (Å²) in [7, 11) is 0. The largest absolute Gasteiger partial charge is 0.380 e. The SMILES string of the molecule is Fc1cc(F)cc(CNc2ccccc2I)c1. The van der Waals surface area contributed by atoms with Crippen molar-refractivity contribution in [3.63, 3.8) is 0 Å². The van der Waals surface area contributed by atoms with Crippen molar-refractivity contribution >= 4 is 28.3 Å². The van der Waals surface area contributed by atoms with E-state index in [2.05, 4.69) is 27.9 Å². The summed E-state index contributed by atoms with van der Waals surface area (Å²) in [5.41, 5.74) is 1.54. The van der Waals surface area contributed by atoms with E-state index in [1.165, 1.54) is 12.1 Å². The molecule has 17 heavy (non-hydrogen) atoms. The minimum absolute atomic E-state index is 0.398. The molecule has 0 unspecified atom stereocenters. The van der Waals surface area contributed by atoms with Gasteiger partial charge in [0.15, 0.2) is 0 Å². The first kappa shape index (κ1) is 12.3. The minimum Gasteiger partial charge on any atom is -0.380 e. The van der Waals surface area contributed by atoms with Crippen molar-refractivity contribution in [1.29, 1.82) is 0 Å². The van der Waals surface area contributed by atoms with Crippen molar-refractivity contribution in [3.8, 4) is 0 Å². The molecule has 0 spiro atoms. The van der Waals surface area contributed by atoms with Crippen molar-refractivity contribution in [1.82, 2.24) is 0 Å². The molecule has 0 heterocycles. The van der Waals surface area contributed by atoms with Crippen LogP contribution in [-0.4, -0.2) is 0 Å². The minimum atomic E-state index is -0.551. The molecule has 2 rings (SSSR count). The number of rotatable bonds is 3. The first-order chi connectivity index (χ1) is 8.15. The van der Waals surface area contributed by atoms with Gasteiger partial charge in [0.2, 0.25) is 0 Å². The molecule has 0 bridgehead atoms. The fraction of sp³-hybridized carbons (Fsp3) is 0.0769. The highest BCUT2D eigenvalue weighted by Gasteiger charge is 2.02. The summed E-state index contributed by atoms with van der Waals surface area (Å²) < 4.78 is 27.0. The van der Waals surface area contributed by atoms with Gasteiger partial charge in [-0.3, -0.25) is 0 Å². The molecule has 0 aliphatic carbocycles. The predicted octanol–water partition coefficient (Wildman–Crippen LogP) is 4.18. The van der Waals surface area contributed by atoms with E-state index in [-0.39, 0.29) is 0 Å². The highest BCUT2D eigenvalue weighted by atomic mass is 127. The Labute approximate surface area is 112 Å². The molecule has 1 N–H and O–H groups in total. The van der Waals surface area contributed by atoms with Gasteiger partial charge < -0.3 is 5.32 Å². The van der Waals surface area contributed by atoms with Gasteiger partial charge in [0.1, 0.15) is 11.6 Å². The first-order valence-corrected chi connectivity index (χ1v) is 6.16. The quantitative estimate of drug-likeness (QED) is 0.823. The normalized spacial score (nSPS) is 10.3. The Balaban J connectivity index is 2.10. The second kappa shape index (κ2) is 5.44. The Hall–Kier alpha value is -1.17. The lowest BCUT2D eigenvalue weighted by molar-refractivity contribution is 0.580. The number of hydrogen-bond acceptors (Lipinski definition) is 1. The standard InChI is InChI=1S/C13H10F2IN/c14-10-5-9(6-11(15)7-10)8-17-13-4-2-1-3-12(13)16/h1-7,17H,8H2. The van der Waals surface area contributed by atoms with Gasteiger partial charge in [-0.1, -0.05) is 12.1 Å². The highest BCUT2D eigenvalue weighted by molar-refractivity contribution is 14.1. The van der Waals surface area contributed by atoms with E-state index in [0.29, 0.717) is 12.1 Å². The Kier molecular flexibility index (Phi) is 3.93. The Bertz CT molecular complexity index is 508. The second-order valence-corrected chi connectivity index (χ2v) is 4.77. The van der Waals surface area contributed by atoms with Crippen LogP contribution in [0.3, 0.4) is 0 Å². The third-order valence-corrected chi connectivity index (χ3v) is 3.22. The molecule has 88 valence electrons. The average Bonchev–Trinajstić information content (AvgIpc) is 2.27. The summed E-state index contributed by atoms with van der Waals surface area (Å²) in [5, 5.41) is 3.14. The lowest BCUT2D eigenvalue weighted by Gasteiger charge is -2.08. The van der Waals surface area contributed by atoms with Crippen LogP contribution < -0.4 is 5.32 Å². The van der Waals surface area contributed by atoms with Crippen LogP contribution in [0.5, 0.6) is 0 Å². The summed E-state index contributed by atoms with van der Waals surface area (Å²) in [6, 6.07) is 11.3. The van der Waals surface area contributed by atoms with E-state index in [4.69, 9.17) is 0 Å². The number of para-hydroxylation sites is 1. The maximum Gasteiger partial charge on any atom is 0.126 e. The van der Waals surface area contributed by atoms with Crippen LogP contribution in [0.2, 0.25) is 0 Å². The van der Waals surface area contributed by atoms with Crippen molar-refractivity contribution in [2.24, 2.45) is 0 Å². The summed E-state index contributed by atoms with van der Waals surface area (Å²) >= 11 is 2.21. The topological polar surface area (TPSA) is 12.0 Å². The molecule has 1 nitrogen and oxygen atoms in total. The van der Waals surface area contributed by atoms with E-state index in [9.17, 15) is 8.78 Å². The van der Waals surface area contributed by atoms with Crippen molar-refractivity contribution in [2.75, 3.05) is 5.32 Å². The number of nitrogens with one attached hydrogen (secondary N) is 1. The van der Waals surface area contributed by atoms with E-state index in [1.54, 1.807) is 0 Å². The fourth-order valence-corrected chi connectivity index (χ4v) is 2.09. The molecule has 2 aromatic rings. The summed E-state index contributed by atoms with van der Waals surface area (Å²) in [5.74, 6) is -1.10. The van der Waals surface area contributed by atoms with Gasteiger partial charge in [0, 0.05) is 21.9 Å². The lowest BCUT2D eigenvalue weighted by atomic mass is 10.2. The molecule has 2 aromatic carbocycles. The van der Waals surface area contributed by atoms with Crippen molar-refractivity contribution in [2.45, 2.75) is 6.54 Å². The zero-order valence-electron chi connectivity index (χ0n) is 8.88. The molecular formula is C13H10F2IN. The maximum atomic E-state index is 13.0. The Morgan fingerprint density at radius 1 is 1.00 bits per heavy atom. The molecule has 0 aromatic heterocycles. The first-order valence-electron chi connectivity index (χ1n) is 5.08. The van der Waals surface area contributed by atoms with Crippen LogP contribution >= 0.6 is 22.6 Å². The average molecular weight is 345 g/mol. The van der Waals surface area contributed by atoms with Crippen molar-refractivity contribution < 1.29 is 8.78 Å². The number of anilines is 1. The monoisotopic (exact) mass is 345 g/mol. The molecule has 0 aliphatic rings. The Morgan fingerprint density at radius 3 is 2.29 bits per heavy atom. The lowest BCUT2D eigenvalue weighted by Crippen LogP contribution is -2.01. The van der Waals surface area contributed by atoms with Gasteiger partial charge in [-0.25, -0.2) is 8.78 Å². The van der Waals surface area contributed by atoms with E-state index >= 15 is 0 Å². The number of benzene rings is 2. The van der Waals surface area contributed by atoms with Crippen LogP contribution in [0.25, 0.3) is 0 Å². The van der Waals surface area contributed by atoms with E-state index in [1.807, 2.05) is 24.3 Å². The molecule has 0 fully saturated rings. The van der Waals surface area contributed by atoms with E-state index < -0.39 is 11.6 Å². The summed E-state index contributed by atoms with van der Waals surface area (Å²) in [6.45, 7) is 0.398. The second-order valence-electron chi connectivity index (χ2n) is 3.61.